The quantitative estimate of drug-likeness (QED) is 0.871. The molecule has 2 aromatic rings. The molecule has 0 fully saturated rings. The summed E-state index contributed by atoms with van der Waals surface area (Å²) in [6.45, 7) is 1.92. The first-order valence-electron chi connectivity index (χ1n) is 5.88. The van der Waals surface area contributed by atoms with Crippen LogP contribution in [0, 0.1) is 0 Å². The van der Waals surface area contributed by atoms with Gasteiger partial charge < -0.3 is 10.6 Å². The van der Waals surface area contributed by atoms with E-state index in [1.807, 2.05) is 6.07 Å². The molecule has 3 rings (SSSR count). The predicted molar refractivity (Wildman–Crippen MR) is 72.2 cm³/mol. The summed E-state index contributed by atoms with van der Waals surface area (Å²) in [5, 5.41) is 7.18. The maximum Gasteiger partial charge on any atom is 0.152 e. The third-order valence-corrected chi connectivity index (χ3v) is 3.34. The molecule has 92 valence electrons. The Morgan fingerprint density at radius 3 is 3.17 bits per heavy atom. The molecule has 5 heteroatoms. The van der Waals surface area contributed by atoms with E-state index in [0.717, 1.165) is 25.2 Å². The Morgan fingerprint density at radius 2 is 2.28 bits per heavy atom. The van der Waals surface area contributed by atoms with Crippen molar-refractivity contribution in [2.24, 2.45) is 0 Å². The second-order valence-electron chi connectivity index (χ2n) is 4.21. The summed E-state index contributed by atoms with van der Waals surface area (Å²) in [5.41, 5.74) is 3.75. The van der Waals surface area contributed by atoms with Gasteiger partial charge in [-0.1, -0.05) is 23.7 Å². The molecular formula is C13H13ClN4. The molecular weight excluding hydrogens is 248 g/mol. The Hall–Kier alpha value is -1.65. The molecule has 1 aliphatic heterocycles. The molecule has 0 bridgehead atoms. The van der Waals surface area contributed by atoms with Crippen LogP contribution in [0.2, 0.25) is 5.02 Å². The number of fused-ring (bicyclic) bond motifs is 1. The van der Waals surface area contributed by atoms with Gasteiger partial charge in [0.05, 0.1) is 6.20 Å². The Labute approximate surface area is 110 Å². The average Bonchev–Trinajstić information content (AvgIpc) is 2.42. The number of halogens is 1. The zero-order chi connectivity index (χ0) is 12.4. The molecule has 0 spiro atoms. The number of anilines is 2. The predicted octanol–water partition coefficient (Wildman–Crippen LogP) is 2.52. The van der Waals surface area contributed by atoms with Crippen LogP contribution in [0.5, 0.6) is 0 Å². The minimum Gasteiger partial charge on any atom is -0.339 e. The van der Waals surface area contributed by atoms with Crippen LogP contribution in [0.15, 0.2) is 30.7 Å². The van der Waals surface area contributed by atoms with Crippen LogP contribution in [0.25, 0.3) is 0 Å². The van der Waals surface area contributed by atoms with Gasteiger partial charge in [0.25, 0.3) is 0 Å². The number of nitrogens with zero attached hydrogens (tertiary/aromatic N) is 2. The van der Waals surface area contributed by atoms with E-state index in [1.54, 1.807) is 6.20 Å². The molecule has 0 saturated heterocycles. The molecule has 0 amide bonds. The molecule has 0 saturated carbocycles. The lowest BCUT2D eigenvalue weighted by Crippen LogP contribution is -2.24. The highest BCUT2D eigenvalue weighted by molar-refractivity contribution is 6.32. The van der Waals surface area contributed by atoms with Gasteiger partial charge in [0.2, 0.25) is 0 Å². The first-order chi connectivity index (χ1) is 8.84. The molecule has 0 radical (unpaired) electrons. The Kier molecular flexibility index (Phi) is 3.13. The van der Waals surface area contributed by atoms with Crippen molar-refractivity contribution in [3.63, 3.8) is 0 Å². The smallest absolute Gasteiger partial charge is 0.152 e. The van der Waals surface area contributed by atoms with Crippen LogP contribution in [0.4, 0.5) is 11.5 Å². The summed E-state index contributed by atoms with van der Waals surface area (Å²) < 4.78 is 0. The standard InChI is InChI=1S/C13H13ClN4/c14-11-7-16-8-17-13(11)18-12-3-1-2-9-6-15-5-4-10(9)12/h1-3,7-8,15H,4-6H2,(H,16,17,18). The Morgan fingerprint density at radius 1 is 1.33 bits per heavy atom. The molecule has 18 heavy (non-hydrogen) atoms. The first-order valence-corrected chi connectivity index (χ1v) is 6.26. The SMILES string of the molecule is Clc1cncnc1Nc1cccc2c1CCNC2. The normalized spacial score (nSPS) is 14.1. The largest absolute Gasteiger partial charge is 0.339 e. The average molecular weight is 261 g/mol. The maximum atomic E-state index is 6.06. The van der Waals surface area contributed by atoms with Gasteiger partial charge in [-0.05, 0) is 30.2 Å². The van der Waals surface area contributed by atoms with Crippen LogP contribution >= 0.6 is 11.6 Å². The fraction of sp³-hybridized carbons (Fsp3) is 0.231. The van der Waals surface area contributed by atoms with Crippen molar-refractivity contribution < 1.29 is 0 Å². The molecule has 2 heterocycles. The minimum atomic E-state index is 0.532. The molecule has 0 unspecified atom stereocenters. The molecule has 4 nitrogen and oxygen atoms in total. The number of aromatic nitrogens is 2. The molecule has 0 aliphatic carbocycles. The lowest BCUT2D eigenvalue weighted by Gasteiger charge is -2.20. The number of hydrogen-bond acceptors (Lipinski definition) is 4. The van der Waals surface area contributed by atoms with Crippen LogP contribution in [-0.2, 0) is 13.0 Å². The van der Waals surface area contributed by atoms with Gasteiger partial charge in [-0.2, -0.15) is 0 Å². The number of rotatable bonds is 2. The van der Waals surface area contributed by atoms with Crippen LogP contribution in [-0.4, -0.2) is 16.5 Å². The van der Waals surface area contributed by atoms with Crippen LogP contribution < -0.4 is 10.6 Å². The van der Waals surface area contributed by atoms with E-state index in [0.29, 0.717) is 10.8 Å². The highest BCUT2D eigenvalue weighted by Crippen LogP contribution is 2.27. The zero-order valence-corrected chi connectivity index (χ0v) is 10.5. The lowest BCUT2D eigenvalue weighted by atomic mass is 9.99. The number of benzene rings is 1. The zero-order valence-electron chi connectivity index (χ0n) is 9.78. The second-order valence-corrected chi connectivity index (χ2v) is 4.62. The van der Waals surface area contributed by atoms with E-state index >= 15 is 0 Å². The third-order valence-electron chi connectivity index (χ3n) is 3.06. The fourth-order valence-electron chi connectivity index (χ4n) is 2.18. The highest BCUT2D eigenvalue weighted by Gasteiger charge is 2.13. The molecule has 2 N–H and O–H groups in total. The maximum absolute atomic E-state index is 6.06. The Balaban J connectivity index is 1.96. The lowest BCUT2D eigenvalue weighted by molar-refractivity contribution is 0.645. The monoisotopic (exact) mass is 260 g/mol. The number of hydrogen-bond donors (Lipinski definition) is 2. The van der Waals surface area contributed by atoms with Gasteiger partial charge in [-0.15, -0.1) is 0 Å². The third kappa shape index (κ3) is 2.17. The van der Waals surface area contributed by atoms with Gasteiger partial charge in [-0.3, -0.25) is 0 Å². The Bertz CT molecular complexity index is 571. The number of nitrogens with one attached hydrogen (secondary N) is 2. The van der Waals surface area contributed by atoms with E-state index in [4.69, 9.17) is 11.6 Å². The topological polar surface area (TPSA) is 49.8 Å². The van der Waals surface area contributed by atoms with E-state index in [9.17, 15) is 0 Å². The summed E-state index contributed by atoms with van der Waals surface area (Å²) in [6.07, 6.45) is 4.10. The molecule has 1 aromatic carbocycles. The van der Waals surface area contributed by atoms with Gasteiger partial charge in [0.15, 0.2) is 5.82 Å². The fourth-order valence-corrected chi connectivity index (χ4v) is 2.33. The van der Waals surface area contributed by atoms with Crippen molar-refractivity contribution in [3.05, 3.63) is 46.9 Å². The van der Waals surface area contributed by atoms with Crippen molar-refractivity contribution in [1.29, 1.82) is 0 Å². The van der Waals surface area contributed by atoms with Gasteiger partial charge in [0.1, 0.15) is 11.3 Å². The van der Waals surface area contributed by atoms with Crippen molar-refractivity contribution in [1.82, 2.24) is 15.3 Å². The van der Waals surface area contributed by atoms with E-state index < -0.39 is 0 Å². The van der Waals surface area contributed by atoms with Gasteiger partial charge >= 0.3 is 0 Å². The highest BCUT2D eigenvalue weighted by atomic mass is 35.5. The minimum absolute atomic E-state index is 0.532. The van der Waals surface area contributed by atoms with Crippen LogP contribution in [0.3, 0.4) is 0 Å². The van der Waals surface area contributed by atoms with Crippen LogP contribution in [0.1, 0.15) is 11.1 Å². The van der Waals surface area contributed by atoms with Crippen molar-refractivity contribution in [2.75, 3.05) is 11.9 Å². The van der Waals surface area contributed by atoms with Crippen molar-refractivity contribution in [2.45, 2.75) is 13.0 Å². The molecule has 1 aromatic heterocycles. The van der Waals surface area contributed by atoms with E-state index in [1.165, 1.54) is 17.5 Å². The summed E-state index contributed by atoms with van der Waals surface area (Å²) in [4.78, 5) is 8.03. The van der Waals surface area contributed by atoms with E-state index in [2.05, 4.69) is 32.7 Å². The summed E-state index contributed by atoms with van der Waals surface area (Å²) >= 11 is 6.06. The van der Waals surface area contributed by atoms with Crippen molar-refractivity contribution in [3.8, 4) is 0 Å². The molecule has 0 atom stereocenters. The van der Waals surface area contributed by atoms with Crippen molar-refractivity contribution >= 4 is 23.1 Å². The second kappa shape index (κ2) is 4.92. The molecule has 1 aliphatic rings. The van der Waals surface area contributed by atoms with E-state index in [-0.39, 0.29) is 0 Å². The summed E-state index contributed by atoms with van der Waals surface area (Å²) in [7, 11) is 0. The van der Waals surface area contributed by atoms with Gasteiger partial charge in [-0.25, -0.2) is 9.97 Å². The summed E-state index contributed by atoms with van der Waals surface area (Å²) in [5.74, 6) is 0.651. The van der Waals surface area contributed by atoms with Gasteiger partial charge in [0, 0.05) is 12.2 Å². The summed E-state index contributed by atoms with van der Waals surface area (Å²) in [6, 6.07) is 6.25. The first kappa shape index (κ1) is 11.4.